The van der Waals surface area contributed by atoms with Gasteiger partial charge in [-0.2, -0.15) is 0 Å². The van der Waals surface area contributed by atoms with Gasteiger partial charge in [0.1, 0.15) is 0 Å². The molecular weight excluding hydrogens is 196 g/mol. The summed E-state index contributed by atoms with van der Waals surface area (Å²) in [7, 11) is 0. The van der Waals surface area contributed by atoms with E-state index in [1.54, 1.807) is 0 Å². The summed E-state index contributed by atoms with van der Waals surface area (Å²) in [5, 5.41) is 1.07. The van der Waals surface area contributed by atoms with Gasteiger partial charge in [0.25, 0.3) is 0 Å². The highest BCUT2D eigenvalue weighted by Crippen LogP contribution is 1.98. The molecule has 0 heterocycles. The molecule has 1 atom stereocenters. The first-order valence-electron chi connectivity index (χ1n) is 5.41. The Morgan fingerprint density at radius 3 is 2.67 bits per heavy atom. The van der Waals surface area contributed by atoms with E-state index in [1.807, 2.05) is 20.8 Å². The molecule has 0 aromatic rings. The minimum atomic E-state index is -0.490. The van der Waals surface area contributed by atoms with Crippen molar-refractivity contribution in [2.45, 2.75) is 39.7 Å². The van der Waals surface area contributed by atoms with Crippen LogP contribution in [0, 0.1) is 0 Å². The van der Waals surface area contributed by atoms with E-state index in [9.17, 15) is 4.79 Å². The van der Waals surface area contributed by atoms with Crippen LogP contribution in [-0.4, -0.2) is 37.0 Å². The third kappa shape index (κ3) is 6.30. The quantitative estimate of drug-likeness (QED) is 0.304. The molecule has 0 radical (unpaired) electrons. The predicted molar refractivity (Wildman–Crippen MR) is 58.2 cm³/mol. The normalized spacial score (nSPS) is 12.3. The molecule has 0 rings (SSSR count). The van der Waals surface area contributed by atoms with Crippen LogP contribution >= 0.6 is 0 Å². The number of amides is 1. The third-order valence-electron chi connectivity index (χ3n) is 1.97. The van der Waals surface area contributed by atoms with Gasteiger partial charge in [0.15, 0.2) is 0 Å². The maximum atomic E-state index is 11.3. The van der Waals surface area contributed by atoms with Crippen molar-refractivity contribution in [1.29, 1.82) is 0 Å². The van der Waals surface area contributed by atoms with Crippen molar-refractivity contribution in [3.8, 4) is 0 Å². The number of rotatable bonds is 7. The number of hydrogen-bond acceptors (Lipinski definition) is 4. The van der Waals surface area contributed by atoms with Crippen LogP contribution in [0.4, 0.5) is 4.79 Å². The van der Waals surface area contributed by atoms with E-state index in [4.69, 9.17) is 15.3 Å². The van der Waals surface area contributed by atoms with Crippen molar-refractivity contribution in [3.63, 3.8) is 0 Å². The number of hydrogen-bond donors (Lipinski definition) is 1. The maximum Gasteiger partial charge on any atom is 0.424 e. The topological polar surface area (TPSA) is 64.8 Å². The van der Waals surface area contributed by atoms with E-state index in [2.05, 4.69) is 0 Å². The molecule has 0 aromatic carbocycles. The van der Waals surface area contributed by atoms with Gasteiger partial charge in [-0.25, -0.2) is 15.6 Å². The van der Waals surface area contributed by atoms with E-state index >= 15 is 0 Å². The van der Waals surface area contributed by atoms with Crippen molar-refractivity contribution in [1.82, 2.24) is 5.01 Å². The summed E-state index contributed by atoms with van der Waals surface area (Å²) in [5.74, 6) is 5.56. The zero-order chi connectivity index (χ0) is 11.7. The van der Waals surface area contributed by atoms with Crippen LogP contribution in [-0.2, 0) is 9.47 Å². The highest BCUT2D eigenvalue weighted by Gasteiger charge is 2.17. The first-order valence-corrected chi connectivity index (χ1v) is 5.41. The molecule has 0 aliphatic carbocycles. The molecule has 0 saturated heterocycles. The highest BCUT2D eigenvalue weighted by atomic mass is 16.6. The average Bonchev–Trinajstić information content (AvgIpc) is 2.24. The summed E-state index contributed by atoms with van der Waals surface area (Å²) in [6, 6.07) is -0.168. The molecule has 0 aliphatic rings. The largest absolute Gasteiger partial charge is 0.448 e. The van der Waals surface area contributed by atoms with Gasteiger partial charge in [0.2, 0.25) is 0 Å². The first kappa shape index (κ1) is 14.2. The van der Waals surface area contributed by atoms with Gasteiger partial charge in [-0.1, -0.05) is 13.3 Å². The second-order valence-corrected chi connectivity index (χ2v) is 3.38. The van der Waals surface area contributed by atoms with Crippen molar-refractivity contribution in [3.05, 3.63) is 0 Å². The van der Waals surface area contributed by atoms with Crippen LogP contribution in [0.1, 0.15) is 33.6 Å². The second kappa shape index (κ2) is 8.49. The molecule has 0 fully saturated rings. The van der Waals surface area contributed by atoms with Crippen molar-refractivity contribution >= 4 is 6.09 Å². The average molecular weight is 218 g/mol. The molecule has 0 aromatic heterocycles. The molecule has 90 valence electrons. The molecule has 5 nitrogen and oxygen atoms in total. The molecule has 0 bridgehead atoms. The lowest BCUT2D eigenvalue weighted by atomic mass is 10.3. The number of ether oxygens (including phenoxy) is 2. The van der Waals surface area contributed by atoms with Crippen LogP contribution in [0.15, 0.2) is 0 Å². The Balaban J connectivity index is 3.75. The summed E-state index contributed by atoms with van der Waals surface area (Å²) in [5.41, 5.74) is 0. The van der Waals surface area contributed by atoms with Crippen LogP contribution in [0.5, 0.6) is 0 Å². The molecule has 15 heavy (non-hydrogen) atoms. The monoisotopic (exact) mass is 218 g/mol. The Hall–Kier alpha value is -0.810. The summed E-state index contributed by atoms with van der Waals surface area (Å²) in [4.78, 5) is 11.3. The standard InChI is InChI=1S/C10H22N2O3/c1-4-6-7-15-10(13)12(11)9(3)8-14-5-2/h9H,4-8,11H2,1-3H3. The number of hydrazine groups is 1. The van der Waals surface area contributed by atoms with E-state index in [0.29, 0.717) is 19.8 Å². The molecule has 2 N–H and O–H groups in total. The lowest BCUT2D eigenvalue weighted by Gasteiger charge is -2.23. The Bertz CT molecular complexity index is 176. The molecule has 0 spiro atoms. The Kier molecular flexibility index (Phi) is 8.04. The van der Waals surface area contributed by atoms with Gasteiger partial charge in [-0.05, 0) is 20.3 Å². The smallest absolute Gasteiger partial charge is 0.424 e. The summed E-state index contributed by atoms with van der Waals surface area (Å²) in [6.45, 7) is 7.21. The van der Waals surface area contributed by atoms with E-state index in [0.717, 1.165) is 17.9 Å². The fraction of sp³-hybridized carbons (Fsp3) is 0.900. The Labute approximate surface area is 91.5 Å². The van der Waals surface area contributed by atoms with E-state index in [-0.39, 0.29) is 6.04 Å². The highest BCUT2D eigenvalue weighted by molar-refractivity contribution is 5.67. The molecule has 0 aliphatic heterocycles. The summed E-state index contributed by atoms with van der Waals surface area (Å²) in [6.07, 6.45) is 1.36. The van der Waals surface area contributed by atoms with Gasteiger partial charge in [0.05, 0.1) is 19.3 Å². The fourth-order valence-electron chi connectivity index (χ4n) is 0.927. The van der Waals surface area contributed by atoms with Crippen LogP contribution in [0.2, 0.25) is 0 Å². The summed E-state index contributed by atoms with van der Waals surface area (Å²) >= 11 is 0. The van der Waals surface area contributed by atoms with Crippen molar-refractivity contribution in [2.75, 3.05) is 19.8 Å². The van der Waals surface area contributed by atoms with Crippen LogP contribution < -0.4 is 5.84 Å². The number of nitrogens with zero attached hydrogens (tertiary/aromatic N) is 1. The first-order chi connectivity index (χ1) is 7.13. The van der Waals surface area contributed by atoms with Gasteiger partial charge < -0.3 is 9.47 Å². The SMILES string of the molecule is CCCCOC(=O)N(N)C(C)COCC. The predicted octanol–water partition coefficient (Wildman–Crippen LogP) is 1.52. The van der Waals surface area contributed by atoms with Gasteiger partial charge >= 0.3 is 6.09 Å². The van der Waals surface area contributed by atoms with E-state index < -0.39 is 6.09 Å². The lowest BCUT2D eigenvalue weighted by Crippen LogP contribution is -2.46. The molecule has 1 amide bonds. The third-order valence-corrected chi connectivity index (χ3v) is 1.97. The molecule has 5 heteroatoms. The van der Waals surface area contributed by atoms with Crippen LogP contribution in [0.3, 0.4) is 0 Å². The second-order valence-electron chi connectivity index (χ2n) is 3.38. The number of carbonyl (C=O) groups excluding carboxylic acids is 1. The maximum absolute atomic E-state index is 11.3. The number of nitrogens with two attached hydrogens (primary N) is 1. The number of carbonyl (C=O) groups is 1. The minimum absolute atomic E-state index is 0.168. The van der Waals surface area contributed by atoms with E-state index in [1.165, 1.54) is 0 Å². The lowest BCUT2D eigenvalue weighted by molar-refractivity contribution is 0.0512. The molecule has 0 saturated carbocycles. The van der Waals surface area contributed by atoms with Crippen molar-refractivity contribution < 1.29 is 14.3 Å². The zero-order valence-electron chi connectivity index (χ0n) is 9.86. The Morgan fingerprint density at radius 2 is 2.13 bits per heavy atom. The number of unbranched alkanes of at least 4 members (excludes halogenated alkanes) is 1. The summed E-state index contributed by atoms with van der Waals surface area (Å²) < 4.78 is 10.1. The van der Waals surface area contributed by atoms with Gasteiger partial charge in [-0.15, -0.1) is 0 Å². The van der Waals surface area contributed by atoms with Crippen LogP contribution in [0.25, 0.3) is 0 Å². The fourth-order valence-corrected chi connectivity index (χ4v) is 0.927. The molecule has 1 unspecified atom stereocenters. The Morgan fingerprint density at radius 1 is 1.47 bits per heavy atom. The van der Waals surface area contributed by atoms with Gasteiger partial charge in [0, 0.05) is 6.61 Å². The zero-order valence-corrected chi connectivity index (χ0v) is 9.86. The van der Waals surface area contributed by atoms with Crippen molar-refractivity contribution in [2.24, 2.45) is 5.84 Å². The van der Waals surface area contributed by atoms with Gasteiger partial charge in [-0.3, -0.25) is 0 Å². The molecular formula is C10H22N2O3. The minimum Gasteiger partial charge on any atom is -0.448 e.